The molecular formula is C13H21NO2. The highest BCUT2D eigenvalue weighted by atomic mass is 16.2. The van der Waals surface area contributed by atoms with Crippen molar-refractivity contribution in [2.24, 2.45) is 5.92 Å². The number of carbonyl (C=O) groups is 2. The van der Waals surface area contributed by atoms with Gasteiger partial charge < -0.3 is 0 Å². The van der Waals surface area contributed by atoms with E-state index in [0.717, 1.165) is 19.3 Å². The molecule has 0 saturated heterocycles. The number of amides is 2. The Morgan fingerprint density at radius 3 is 2.44 bits per heavy atom. The van der Waals surface area contributed by atoms with E-state index in [4.69, 9.17) is 0 Å². The smallest absolute Gasteiger partial charge is 0.256 e. The third-order valence-corrected chi connectivity index (χ3v) is 3.17. The summed E-state index contributed by atoms with van der Waals surface area (Å²) in [4.78, 5) is 24.6. The molecule has 0 aliphatic carbocycles. The van der Waals surface area contributed by atoms with E-state index < -0.39 is 0 Å². The van der Waals surface area contributed by atoms with Crippen LogP contribution in [0.1, 0.15) is 46.5 Å². The first kappa shape index (κ1) is 12.9. The highest BCUT2D eigenvalue weighted by Gasteiger charge is 2.29. The van der Waals surface area contributed by atoms with Gasteiger partial charge in [0.25, 0.3) is 11.8 Å². The summed E-state index contributed by atoms with van der Waals surface area (Å²) in [5.74, 6) is 0.199. The fraction of sp³-hybridized carbons (Fsp3) is 0.692. The SMILES string of the molecule is CCCCC(CC)CN1C(=O)C=C(C)C1=O. The Morgan fingerprint density at radius 2 is 2.00 bits per heavy atom. The standard InChI is InChI=1S/C13H21NO2/c1-4-6-7-11(5-2)9-14-12(15)8-10(3)13(14)16/h8,11H,4-7,9H2,1-3H3. The first-order chi connectivity index (χ1) is 7.60. The fourth-order valence-electron chi connectivity index (χ4n) is 1.99. The maximum Gasteiger partial charge on any atom is 0.256 e. The first-order valence-corrected chi connectivity index (χ1v) is 6.14. The molecule has 0 aromatic carbocycles. The zero-order chi connectivity index (χ0) is 12.1. The van der Waals surface area contributed by atoms with Gasteiger partial charge in [0.05, 0.1) is 0 Å². The van der Waals surface area contributed by atoms with Gasteiger partial charge in [0.15, 0.2) is 0 Å². The van der Waals surface area contributed by atoms with Gasteiger partial charge in [0.1, 0.15) is 0 Å². The van der Waals surface area contributed by atoms with Crippen molar-refractivity contribution >= 4 is 11.8 Å². The predicted octanol–water partition coefficient (Wildman–Crippen LogP) is 2.52. The third kappa shape index (κ3) is 2.94. The number of rotatable bonds is 6. The molecule has 1 rings (SSSR count). The van der Waals surface area contributed by atoms with Crippen LogP contribution in [-0.4, -0.2) is 23.3 Å². The van der Waals surface area contributed by atoms with E-state index in [1.54, 1.807) is 6.92 Å². The maximum atomic E-state index is 11.7. The average Bonchev–Trinajstić information content (AvgIpc) is 2.50. The minimum absolute atomic E-state index is 0.111. The number of carbonyl (C=O) groups excluding carboxylic acids is 2. The van der Waals surface area contributed by atoms with Crippen LogP contribution in [0.2, 0.25) is 0 Å². The zero-order valence-corrected chi connectivity index (χ0v) is 10.5. The molecule has 3 nitrogen and oxygen atoms in total. The van der Waals surface area contributed by atoms with Crippen LogP contribution in [0, 0.1) is 5.92 Å². The second-order valence-electron chi connectivity index (χ2n) is 4.50. The fourth-order valence-corrected chi connectivity index (χ4v) is 1.99. The highest BCUT2D eigenvalue weighted by Crippen LogP contribution is 2.19. The quantitative estimate of drug-likeness (QED) is 0.649. The van der Waals surface area contributed by atoms with Crippen molar-refractivity contribution in [3.05, 3.63) is 11.6 Å². The third-order valence-electron chi connectivity index (χ3n) is 3.17. The van der Waals surface area contributed by atoms with Crippen molar-refractivity contribution in [2.45, 2.75) is 46.5 Å². The van der Waals surface area contributed by atoms with Crippen molar-refractivity contribution < 1.29 is 9.59 Å². The zero-order valence-electron chi connectivity index (χ0n) is 10.5. The van der Waals surface area contributed by atoms with Gasteiger partial charge in [-0.15, -0.1) is 0 Å². The van der Waals surface area contributed by atoms with Crippen LogP contribution in [0.3, 0.4) is 0 Å². The molecule has 0 bridgehead atoms. The molecule has 2 amide bonds. The maximum absolute atomic E-state index is 11.7. The molecular weight excluding hydrogens is 202 g/mol. The van der Waals surface area contributed by atoms with Crippen molar-refractivity contribution in [1.29, 1.82) is 0 Å². The van der Waals surface area contributed by atoms with E-state index in [2.05, 4.69) is 13.8 Å². The molecule has 16 heavy (non-hydrogen) atoms. The molecule has 1 unspecified atom stereocenters. The lowest BCUT2D eigenvalue weighted by atomic mass is 9.99. The minimum Gasteiger partial charge on any atom is -0.275 e. The lowest BCUT2D eigenvalue weighted by Gasteiger charge is -2.21. The van der Waals surface area contributed by atoms with Crippen LogP contribution in [0.4, 0.5) is 0 Å². The summed E-state index contributed by atoms with van der Waals surface area (Å²) in [6.45, 7) is 6.56. The molecule has 90 valence electrons. The monoisotopic (exact) mass is 223 g/mol. The Bertz CT molecular complexity index is 307. The van der Waals surface area contributed by atoms with Crippen LogP contribution >= 0.6 is 0 Å². The molecule has 0 radical (unpaired) electrons. The van der Waals surface area contributed by atoms with Gasteiger partial charge in [-0.25, -0.2) is 0 Å². The van der Waals surface area contributed by atoms with Crippen molar-refractivity contribution in [3.63, 3.8) is 0 Å². The summed E-state index contributed by atoms with van der Waals surface area (Å²) in [6, 6.07) is 0. The predicted molar refractivity (Wildman–Crippen MR) is 63.8 cm³/mol. The van der Waals surface area contributed by atoms with Crippen LogP contribution in [0.15, 0.2) is 11.6 Å². The topological polar surface area (TPSA) is 37.4 Å². The Hall–Kier alpha value is -1.12. The van der Waals surface area contributed by atoms with E-state index in [-0.39, 0.29) is 11.8 Å². The Balaban J connectivity index is 2.53. The molecule has 0 spiro atoms. The second-order valence-corrected chi connectivity index (χ2v) is 4.50. The van der Waals surface area contributed by atoms with E-state index in [1.165, 1.54) is 17.4 Å². The number of nitrogens with zero attached hydrogens (tertiary/aromatic N) is 1. The second kappa shape index (κ2) is 5.83. The van der Waals surface area contributed by atoms with Crippen molar-refractivity contribution in [2.75, 3.05) is 6.54 Å². The van der Waals surface area contributed by atoms with Gasteiger partial charge in [-0.3, -0.25) is 14.5 Å². The number of hydrogen-bond donors (Lipinski definition) is 0. The Labute approximate surface area is 97.5 Å². The largest absolute Gasteiger partial charge is 0.275 e. The minimum atomic E-state index is -0.141. The number of unbranched alkanes of at least 4 members (excludes halogenated alkanes) is 1. The van der Waals surface area contributed by atoms with E-state index >= 15 is 0 Å². The van der Waals surface area contributed by atoms with Crippen molar-refractivity contribution in [1.82, 2.24) is 4.90 Å². The van der Waals surface area contributed by atoms with E-state index in [1.807, 2.05) is 0 Å². The van der Waals surface area contributed by atoms with E-state index in [9.17, 15) is 9.59 Å². The number of imide groups is 1. The Kier molecular flexibility index (Phi) is 4.71. The van der Waals surface area contributed by atoms with E-state index in [0.29, 0.717) is 18.0 Å². The molecule has 1 aliphatic heterocycles. The molecule has 0 fully saturated rings. The van der Waals surface area contributed by atoms with Crippen LogP contribution in [0.25, 0.3) is 0 Å². The summed E-state index contributed by atoms with van der Waals surface area (Å²) >= 11 is 0. The van der Waals surface area contributed by atoms with Gasteiger partial charge >= 0.3 is 0 Å². The summed E-state index contributed by atoms with van der Waals surface area (Å²) in [6.07, 6.45) is 5.89. The molecule has 0 N–H and O–H groups in total. The molecule has 3 heteroatoms. The number of hydrogen-bond acceptors (Lipinski definition) is 2. The summed E-state index contributed by atoms with van der Waals surface area (Å²) in [7, 11) is 0. The average molecular weight is 223 g/mol. The normalized spacial score (nSPS) is 17.9. The molecule has 1 aliphatic rings. The van der Waals surface area contributed by atoms with Crippen LogP contribution in [0.5, 0.6) is 0 Å². The van der Waals surface area contributed by atoms with Gasteiger partial charge in [-0.2, -0.15) is 0 Å². The lowest BCUT2D eigenvalue weighted by molar-refractivity contribution is -0.138. The molecule has 0 saturated carbocycles. The van der Waals surface area contributed by atoms with Gasteiger partial charge in [-0.1, -0.05) is 33.1 Å². The first-order valence-electron chi connectivity index (χ1n) is 6.14. The summed E-state index contributed by atoms with van der Waals surface area (Å²) in [5.41, 5.74) is 0.565. The lowest BCUT2D eigenvalue weighted by Crippen LogP contribution is -2.35. The molecule has 0 aromatic heterocycles. The van der Waals surface area contributed by atoms with Gasteiger partial charge in [0.2, 0.25) is 0 Å². The summed E-state index contributed by atoms with van der Waals surface area (Å²) in [5, 5.41) is 0. The van der Waals surface area contributed by atoms with Crippen LogP contribution in [-0.2, 0) is 9.59 Å². The van der Waals surface area contributed by atoms with Crippen molar-refractivity contribution in [3.8, 4) is 0 Å². The van der Waals surface area contributed by atoms with Gasteiger partial charge in [0, 0.05) is 18.2 Å². The highest BCUT2D eigenvalue weighted by molar-refractivity contribution is 6.15. The molecule has 1 heterocycles. The molecule has 1 atom stereocenters. The van der Waals surface area contributed by atoms with Crippen LogP contribution < -0.4 is 0 Å². The summed E-state index contributed by atoms with van der Waals surface area (Å²) < 4.78 is 0. The Morgan fingerprint density at radius 1 is 1.31 bits per heavy atom. The molecule has 0 aromatic rings. The van der Waals surface area contributed by atoms with Gasteiger partial charge in [-0.05, 0) is 19.3 Å².